The van der Waals surface area contributed by atoms with E-state index >= 15 is 0 Å². The summed E-state index contributed by atoms with van der Waals surface area (Å²) in [4.78, 5) is 12.4. The number of hydrogen-bond acceptors (Lipinski definition) is 2. The van der Waals surface area contributed by atoms with E-state index in [1.807, 2.05) is 60.3 Å². The second-order valence-corrected chi connectivity index (χ2v) is 6.32. The fourth-order valence-electron chi connectivity index (χ4n) is 3.05. The molecule has 0 N–H and O–H groups in total. The maximum atomic E-state index is 12.4. The molecule has 0 radical (unpaired) electrons. The highest BCUT2D eigenvalue weighted by Crippen LogP contribution is 2.22. The van der Waals surface area contributed by atoms with Gasteiger partial charge in [0.2, 0.25) is 5.69 Å². The first-order chi connectivity index (χ1) is 12.7. The molecule has 1 aliphatic rings. The molecule has 4 rings (SSSR count). The molecular weight excluding hydrogens is 322 g/mol. The Balaban J connectivity index is 1.79. The van der Waals surface area contributed by atoms with Crippen LogP contribution in [0.15, 0.2) is 64.0 Å². The highest BCUT2D eigenvalue weighted by Gasteiger charge is 2.09. The maximum Gasteiger partial charge on any atom is 0.343 e. The highest BCUT2D eigenvalue weighted by atomic mass is 16.4. The number of allylic oxidation sites excluding steroid dienone is 2. The molecule has 0 aliphatic heterocycles. The van der Waals surface area contributed by atoms with Crippen molar-refractivity contribution < 1.29 is 8.98 Å². The molecule has 1 aromatic carbocycles. The molecule has 0 fully saturated rings. The van der Waals surface area contributed by atoms with Gasteiger partial charge in [-0.3, -0.25) is 0 Å². The van der Waals surface area contributed by atoms with E-state index in [0.717, 1.165) is 29.5 Å². The molecule has 3 aromatic rings. The summed E-state index contributed by atoms with van der Waals surface area (Å²) in [5.41, 5.74) is 3.91. The first-order valence-corrected chi connectivity index (χ1v) is 8.61. The Labute approximate surface area is 151 Å². The number of rotatable bonds is 2. The number of benzene rings is 1. The zero-order valence-corrected chi connectivity index (χ0v) is 14.5. The van der Waals surface area contributed by atoms with Crippen molar-refractivity contribution >= 4 is 23.1 Å². The van der Waals surface area contributed by atoms with Crippen LogP contribution in [0.1, 0.15) is 28.8 Å². The van der Waals surface area contributed by atoms with Crippen LogP contribution in [-0.2, 0) is 13.5 Å². The van der Waals surface area contributed by atoms with Crippen LogP contribution >= 0.6 is 0 Å². The summed E-state index contributed by atoms with van der Waals surface area (Å²) >= 11 is 0. The summed E-state index contributed by atoms with van der Waals surface area (Å²) in [7, 11) is 1.97. The molecule has 2 heterocycles. The van der Waals surface area contributed by atoms with Gasteiger partial charge in [-0.15, -0.1) is 0 Å². The predicted octanol–water partition coefficient (Wildman–Crippen LogP) is 3.64. The Hall–Kier alpha value is -3.38. The lowest BCUT2D eigenvalue weighted by molar-refractivity contribution is -0.673. The fourth-order valence-corrected chi connectivity index (χ4v) is 3.05. The minimum atomic E-state index is -0.342. The van der Waals surface area contributed by atoms with E-state index in [2.05, 4.69) is 24.0 Å². The fraction of sp³-hybridized carbons (Fsp3) is 0.130. The van der Waals surface area contributed by atoms with E-state index in [9.17, 15) is 4.79 Å². The Morgan fingerprint density at radius 1 is 1.19 bits per heavy atom. The van der Waals surface area contributed by atoms with Gasteiger partial charge in [-0.2, -0.15) is 0 Å². The van der Waals surface area contributed by atoms with Crippen molar-refractivity contribution in [1.82, 2.24) is 0 Å². The zero-order valence-electron chi connectivity index (χ0n) is 14.5. The second-order valence-electron chi connectivity index (χ2n) is 6.32. The van der Waals surface area contributed by atoms with E-state index in [1.54, 1.807) is 6.08 Å². The number of nitrogens with zero attached hydrogens (tertiary/aromatic N) is 1. The number of aryl methyl sites for hydroxylation is 2. The molecule has 0 saturated heterocycles. The van der Waals surface area contributed by atoms with Crippen LogP contribution in [0.3, 0.4) is 0 Å². The monoisotopic (exact) mass is 340 g/mol. The largest absolute Gasteiger partial charge is 0.422 e. The molecule has 126 valence electrons. The lowest BCUT2D eigenvalue weighted by Gasteiger charge is -2.07. The summed E-state index contributed by atoms with van der Waals surface area (Å²) in [6, 6.07) is 11.8. The van der Waals surface area contributed by atoms with Gasteiger partial charge in [0.05, 0.1) is 5.56 Å². The summed E-state index contributed by atoms with van der Waals surface area (Å²) in [6.45, 7) is 0. The molecule has 3 nitrogen and oxygen atoms in total. The third kappa shape index (κ3) is 3.22. The van der Waals surface area contributed by atoms with Crippen molar-refractivity contribution in [3.05, 3.63) is 87.6 Å². The molecule has 0 amide bonds. The van der Waals surface area contributed by atoms with Crippen LogP contribution in [0.2, 0.25) is 0 Å². The molecule has 0 saturated carbocycles. The van der Waals surface area contributed by atoms with Crippen LogP contribution in [0.25, 0.3) is 23.1 Å². The molecule has 0 unspecified atom stereocenters. The van der Waals surface area contributed by atoms with E-state index in [4.69, 9.17) is 4.42 Å². The lowest BCUT2D eigenvalue weighted by atomic mass is 9.99. The van der Waals surface area contributed by atoms with Crippen LogP contribution in [0, 0.1) is 11.8 Å². The molecule has 26 heavy (non-hydrogen) atoms. The summed E-state index contributed by atoms with van der Waals surface area (Å²) in [6.07, 6.45) is 11.5. The van der Waals surface area contributed by atoms with Gasteiger partial charge in [0.25, 0.3) is 0 Å². The highest BCUT2D eigenvalue weighted by molar-refractivity contribution is 5.82. The minimum absolute atomic E-state index is 0.342. The molecule has 0 atom stereocenters. The first-order valence-electron chi connectivity index (χ1n) is 8.61. The third-order valence-electron chi connectivity index (χ3n) is 4.50. The second kappa shape index (κ2) is 6.85. The van der Waals surface area contributed by atoms with Crippen molar-refractivity contribution in [2.24, 2.45) is 7.05 Å². The Bertz CT molecular complexity index is 1170. The van der Waals surface area contributed by atoms with Gasteiger partial charge in [0.1, 0.15) is 12.6 Å². The van der Waals surface area contributed by atoms with E-state index in [-0.39, 0.29) is 5.63 Å². The topological polar surface area (TPSA) is 34.1 Å². The van der Waals surface area contributed by atoms with Crippen molar-refractivity contribution in [1.29, 1.82) is 0 Å². The van der Waals surface area contributed by atoms with Gasteiger partial charge in [0.15, 0.2) is 6.20 Å². The molecule has 1 aliphatic carbocycles. The van der Waals surface area contributed by atoms with Crippen molar-refractivity contribution in [2.45, 2.75) is 12.8 Å². The first kappa shape index (κ1) is 16.1. The number of hydrogen-bond donors (Lipinski definition) is 0. The number of aromatic nitrogens is 1. The van der Waals surface area contributed by atoms with Crippen molar-refractivity contribution in [2.75, 3.05) is 0 Å². The van der Waals surface area contributed by atoms with E-state index < -0.39 is 0 Å². The van der Waals surface area contributed by atoms with Crippen molar-refractivity contribution in [3.63, 3.8) is 0 Å². The number of pyridine rings is 1. The molecule has 3 heteroatoms. The molecule has 0 spiro atoms. The molecule has 2 aromatic heterocycles. The van der Waals surface area contributed by atoms with E-state index in [1.165, 1.54) is 5.56 Å². The third-order valence-corrected chi connectivity index (χ3v) is 4.50. The average Bonchev–Trinajstić information content (AvgIpc) is 2.61. The van der Waals surface area contributed by atoms with Gasteiger partial charge < -0.3 is 4.42 Å². The molecule has 0 bridgehead atoms. The average molecular weight is 340 g/mol. The Kier molecular flexibility index (Phi) is 4.25. The summed E-state index contributed by atoms with van der Waals surface area (Å²) < 4.78 is 7.54. The van der Waals surface area contributed by atoms with Crippen LogP contribution < -0.4 is 10.2 Å². The maximum absolute atomic E-state index is 12.4. The van der Waals surface area contributed by atoms with Gasteiger partial charge >= 0.3 is 5.63 Å². The van der Waals surface area contributed by atoms with Gasteiger partial charge in [-0.05, 0) is 54.8 Å². The van der Waals surface area contributed by atoms with Gasteiger partial charge in [0, 0.05) is 29.2 Å². The minimum Gasteiger partial charge on any atom is -0.422 e. The quantitative estimate of drug-likeness (QED) is 0.405. The predicted molar refractivity (Wildman–Crippen MR) is 103 cm³/mol. The Morgan fingerprint density at radius 2 is 2.12 bits per heavy atom. The molecular formula is C23H18NO2+. The Morgan fingerprint density at radius 3 is 3.00 bits per heavy atom. The van der Waals surface area contributed by atoms with E-state index in [0.29, 0.717) is 11.1 Å². The van der Waals surface area contributed by atoms with Gasteiger partial charge in [-0.1, -0.05) is 17.9 Å². The summed E-state index contributed by atoms with van der Waals surface area (Å²) in [5.74, 6) is 6.14. The van der Waals surface area contributed by atoms with Crippen LogP contribution in [0.4, 0.5) is 0 Å². The summed E-state index contributed by atoms with van der Waals surface area (Å²) in [5, 5.41) is 0.923. The normalized spacial score (nSPS) is 13.1. The SMILES string of the molecule is C[n+]1ccccc1C=Cc1cc2cc3c(cc2oc1=O)C#CC=CCC3. The van der Waals surface area contributed by atoms with Crippen LogP contribution in [-0.4, -0.2) is 0 Å². The standard InChI is InChI=1S/C23H18NO2/c1-24-13-7-6-10-21(24)12-11-19-15-20-14-17-8-4-2-3-5-9-18(17)16-22(20)26-23(19)25/h2-3,6-7,10-16H,4,8H2,1H3/q+1. The smallest absolute Gasteiger partial charge is 0.343 e. The van der Waals surface area contributed by atoms with Crippen molar-refractivity contribution in [3.8, 4) is 11.8 Å². The van der Waals surface area contributed by atoms with Crippen LogP contribution in [0.5, 0.6) is 0 Å². The van der Waals surface area contributed by atoms with Gasteiger partial charge in [-0.25, -0.2) is 9.36 Å². The number of fused-ring (bicyclic) bond motifs is 2. The zero-order chi connectivity index (χ0) is 17.9. The lowest BCUT2D eigenvalue weighted by Crippen LogP contribution is -2.30.